The average Bonchev–Trinajstić information content (AvgIpc) is 2.44. The topological polar surface area (TPSA) is 80.1 Å². The number of hydrogen-bond acceptors (Lipinski definition) is 5. The minimum atomic E-state index is -0.434. The van der Waals surface area contributed by atoms with E-state index in [0.29, 0.717) is 12.4 Å². The predicted octanol–water partition coefficient (Wildman–Crippen LogP) is 3.78. The lowest BCUT2D eigenvalue weighted by atomic mass is 10.1. The van der Waals surface area contributed by atoms with Gasteiger partial charge in [-0.3, -0.25) is 10.1 Å². The van der Waals surface area contributed by atoms with Gasteiger partial charge in [0.2, 0.25) is 5.82 Å². The van der Waals surface area contributed by atoms with Gasteiger partial charge in [0.25, 0.3) is 0 Å². The molecule has 0 aliphatic rings. The van der Waals surface area contributed by atoms with Crippen LogP contribution in [-0.2, 0) is 0 Å². The number of aromatic nitrogens is 1. The van der Waals surface area contributed by atoms with Crippen LogP contribution < -0.4 is 10.6 Å². The third-order valence-corrected chi connectivity index (χ3v) is 3.29. The first-order chi connectivity index (χ1) is 10.0. The Hall–Kier alpha value is -2.63. The Morgan fingerprint density at radius 3 is 2.67 bits per heavy atom. The van der Waals surface area contributed by atoms with Crippen molar-refractivity contribution >= 4 is 23.0 Å². The lowest BCUT2D eigenvalue weighted by Gasteiger charge is -2.12. The highest BCUT2D eigenvalue weighted by molar-refractivity contribution is 5.70. The van der Waals surface area contributed by atoms with Crippen molar-refractivity contribution in [2.45, 2.75) is 20.8 Å². The molecule has 0 unspecified atom stereocenters. The maximum Gasteiger partial charge on any atom is 0.311 e. The Kier molecular flexibility index (Phi) is 4.37. The second-order valence-corrected chi connectivity index (χ2v) is 4.72. The second-order valence-electron chi connectivity index (χ2n) is 4.72. The van der Waals surface area contributed by atoms with Crippen molar-refractivity contribution in [2.24, 2.45) is 0 Å². The molecule has 6 nitrogen and oxygen atoms in total. The zero-order valence-electron chi connectivity index (χ0n) is 12.3. The Bertz CT molecular complexity index is 671. The highest BCUT2D eigenvalue weighted by Crippen LogP contribution is 2.29. The smallest absolute Gasteiger partial charge is 0.311 e. The van der Waals surface area contributed by atoms with E-state index in [4.69, 9.17) is 0 Å². The van der Waals surface area contributed by atoms with Gasteiger partial charge < -0.3 is 10.6 Å². The quantitative estimate of drug-likeness (QED) is 0.645. The Morgan fingerprint density at radius 1 is 1.24 bits per heavy atom. The van der Waals surface area contributed by atoms with Crippen LogP contribution in [0.4, 0.5) is 23.0 Å². The van der Waals surface area contributed by atoms with E-state index in [9.17, 15) is 10.1 Å². The van der Waals surface area contributed by atoms with Crippen LogP contribution in [-0.4, -0.2) is 16.5 Å². The van der Waals surface area contributed by atoms with Gasteiger partial charge >= 0.3 is 5.69 Å². The fourth-order valence-electron chi connectivity index (χ4n) is 1.98. The average molecular weight is 286 g/mol. The van der Waals surface area contributed by atoms with Crippen molar-refractivity contribution in [3.8, 4) is 0 Å². The standard InChI is InChI=1S/C15H18N4O2/c1-4-16-14-9-8-13(19(20)21)15(18-14)17-12-7-5-6-10(2)11(12)3/h5-9H,4H2,1-3H3,(H2,16,17,18). The molecule has 1 aromatic carbocycles. The summed E-state index contributed by atoms with van der Waals surface area (Å²) in [7, 11) is 0. The zero-order chi connectivity index (χ0) is 15.4. The number of nitrogens with zero attached hydrogens (tertiary/aromatic N) is 2. The summed E-state index contributed by atoms with van der Waals surface area (Å²) in [6, 6.07) is 8.85. The van der Waals surface area contributed by atoms with Crippen molar-refractivity contribution in [3.63, 3.8) is 0 Å². The van der Waals surface area contributed by atoms with E-state index in [1.165, 1.54) is 6.07 Å². The van der Waals surface area contributed by atoms with Gasteiger partial charge in [0.15, 0.2) is 0 Å². The van der Waals surface area contributed by atoms with E-state index in [1.54, 1.807) is 6.07 Å². The fraction of sp³-hybridized carbons (Fsp3) is 0.267. The van der Waals surface area contributed by atoms with E-state index in [2.05, 4.69) is 15.6 Å². The molecule has 0 atom stereocenters. The van der Waals surface area contributed by atoms with Crippen molar-refractivity contribution in [1.29, 1.82) is 0 Å². The Balaban J connectivity index is 2.43. The lowest BCUT2D eigenvalue weighted by molar-refractivity contribution is -0.384. The van der Waals surface area contributed by atoms with E-state index in [1.807, 2.05) is 39.0 Å². The van der Waals surface area contributed by atoms with Gasteiger partial charge in [-0.2, -0.15) is 0 Å². The predicted molar refractivity (Wildman–Crippen MR) is 84.3 cm³/mol. The molecule has 0 saturated heterocycles. The van der Waals surface area contributed by atoms with Crippen LogP contribution in [0.2, 0.25) is 0 Å². The molecule has 6 heteroatoms. The summed E-state index contributed by atoms with van der Waals surface area (Å²) >= 11 is 0. The number of rotatable bonds is 5. The van der Waals surface area contributed by atoms with Gasteiger partial charge in [-0.15, -0.1) is 0 Å². The molecule has 2 N–H and O–H groups in total. The number of pyridine rings is 1. The molecular formula is C15H18N4O2. The Labute approximate surface area is 123 Å². The van der Waals surface area contributed by atoms with Crippen LogP contribution >= 0.6 is 0 Å². The second kappa shape index (κ2) is 6.21. The number of anilines is 3. The fourth-order valence-corrected chi connectivity index (χ4v) is 1.98. The summed E-state index contributed by atoms with van der Waals surface area (Å²) in [6.07, 6.45) is 0. The maximum absolute atomic E-state index is 11.1. The number of nitro groups is 1. The van der Waals surface area contributed by atoms with Crippen LogP contribution in [0.3, 0.4) is 0 Å². The van der Waals surface area contributed by atoms with Crippen LogP contribution in [0.1, 0.15) is 18.1 Å². The maximum atomic E-state index is 11.1. The van der Waals surface area contributed by atoms with Crippen LogP contribution in [0.5, 0.6) is 0 Å². The first-order valence-electron chi connectivity index (χ1n) is 6.75. The van der Waals surface area contributed by atoms with Crippen molar-refractivity contribution in [3.05, 3.63) is 51.6 Å². The summed E-state index contributed by atoms with van der Waals surface area (Å²) in [4.78, 5) is 15.0. The van der Waals surface area contributed by atoms with E-state index in [0.717, 1.165) is 16.8 Å². The monoisotopic (exact) mass is 286 g/mol. The molecule has 0 radical (unpaired) electrons. The van der Waals surface area contributed by atoms with Crippen molar-refractivity contribution in [1.82, 2.24) is 4.98 Å². The molecule has 21 heavy (non-hydrogen) atoms. The Morgan fingerprint density at radius 2 is 2.00 bits per heavy atom. The molecule has 0 aliphatic carbocycles. The first-order valence-corrected chi connectivity index (χ1v) is 6.75. The molecule has 1 aromatic heterocycles. The van der Waals surface area contributed by atoms with E-state index in [-0.39, 0.29) is 11.5 Å². The highest BCUT2D eigenvalue weighted by atomic mass is 16.6. The van der Waals surface area contributed by atoms with E-state index >= 15 is 0 Å². The minimum Gasteiger partial charge on any atom is -0.370 e. The largest absolute Gasteiger partial charge is 0.370 e. The lowest BCUT2D eigenvalue weighted by Crippen LogP contribution is -2.05. The molecule has 0 amide bonds. The van der Waals surface area contributed by atoms with E-state index < -0.39 is 4.92 Å². The molecular weight excluding hydrogens is 268 g/mol. The molecule has 1 heterocycles. The number of hydrogen-bond donors (Lipinski definition) is 2. The van der Waals surface area contributed by atoms with Gasteiger partial charge in [0, 0.05) is 18.3 Å². The molecule has 2 rings (SSSR count). The third-order valence-electron chi connectivity index (χ3n) is 3.29. The molecule has 0 aliphatic heterocycles. The minimum absolute atomic E-state index is 0.0439. The number of aryl methyl sites for hydroxylation is 1. The molecule has 0 spiro atoms. The van der Waals surface area contributed by atoms with Crippen LogP contribution in [0.15, 0.2) is 30.3 Å². The molecule has 0 saturated carbocycles. The first kappa shape index (κ1) is 14.8. The van der Waals surface area contributed by atoms with Gasteiger partial charge in [-0.25, -0.2) is 4.98 Å². The van der Waals surface area contributed by atoms with Gasteiger partial charge in [0.05, 0.1) is 4.92 Å². The third kappa shape index (κ3) is 3.28. The molecule has 0 bridgehead atoms. The summed E-state index contributed by atoms with van der Waals surface area (Å²) in [5.41, 5.74) is 2.93. The van der Waals surface area contributed by atoms with Crippen molar-refractivity contribution < 1.29 is 4.92 Å². The highest BCUT2D eigenvalue weighted by Gasteiger charge is 2.17. The summed E-state index contributed by atoms with van der Waals surface area (Å²) in [5, 5.41) is 17.3. The van der Waals surface area contributed by atoms with Gasteiger partial charge in [0.1, 0.15) is 5.82 Å². The van der Waals surface area contributed by atoms with Crippen LogP contribution in [0.25, 0.3) is 0 Å². The summed E-state index contributed by atoms with van der Waals surface area (Å²) in [5.74, 6) is 0.850. The zero-order valence-corrected chi connectivity index (χ0v) is 12.3. The number of benzene rings is 1. The van der Waals surface area contributed by atoms with Crippen molar-refractivity contribution in [2.75, 3.05) is 17.2 Å². The number of nitrogens with one attached hydrogen (secondary N) is 2. The summed E-state index contributed by atoms with van der Waals surface area (Å²) < 4.78 is 0. The van der Waals surface area contributed by atoms with Gasteiger partial charge in [-0.1, -0.05) is 12.1 Å². The summed E-state index contributed by atoms with van der Waals surface area (Å²) in [6.45, 7) is 6.61. The molecule has 2 aromatic rings. The molecule has 0 fully saturated rings. The molecule has 110 valence electrons. The SMILES string of the molecule is CCNc1ccc([N+](=O)[O-])c(Nc2cccc(C)c2C)n1. The van der Waals surface area contributed by atoms with Crippen LogP contribution in [0, 0.1) is 24.0 Å². The van der Waals surface area contributed by atoms with Gasteiger partial charge in [-0.05, 0) is 44.0 Å². The normalized spacial score (nSPS) is 10.2.